The molecule has 0 bridgehead atoms. The first-order chi connectivity index (χ1) is 16.0. The van der Waals surface area contributed by atoms with Gasteiger partial charge in [0, 0.05) is 44.1 Å². The number of aliphatic hydroxyl groups is 4. The summed E-state index contributed by atoms with van der Waals surface area (Å²) in [4.78, 5) is 39.5. The van der Waals surface area contributed by atoms with E-state index in [0.717, 1.165) is 0 Å². The van der Waals surface area contributed by atoms with Crippen LogP contribution in [0.2, 0.25) is 0 Å². The first-order valence-electron chi connectivity index (χ1n) is 11.0. The van der Waals surface area contributed by atoms with E-state index in [1.165, 1.54) is 19.1 Å². The quantitative estimate of drug-likeness (QED) is 0.249. The molecule has 0 aliphatic heterocycles. The molecule has 0 saturated carbocycles. The monoisotopic (exact) mass is 485 g/mol. The minimum atomic E-state index is -1.15. The fourth-order valence-electron chi connectivity index (χ4n) is 3.39. The highest BCUT2D eigenvalue weighted by Gasteiger charge is 2.28. The normalized spacial score (nSPS) is 12.2. The Morgan fingerprint density at radius 1 is 0.941 bits per heavy atom. The molecule has 0 fully saturated rings. The lowest BCUT2D eigenvalue weighted by atomic mass is 9.89. The number of nitrogens with zero attached hydrogens (tertiary/aromatic N) is 1. The summed E-state index contributed by atoms with van der Waals surface area (Å²) in [7, 11) is 2.80. The van der Waals surface area contributed by atoms with Gasteiger partial charge < -0.3 is 40.7 Å². The molecule has 0 radical (unpaired) electrons. The molecule has 3 amide bonds. The lowest BCUT2D eigenvalue weighted by Gasteiger charge is -2.26. The number of rotatable bonds is 11. The van der Waals surface area contributed by atoms with Crippen molar-refractivity contribution in [2.45, 2.75) is 46.8 Å². The summed E-state index contributed by atoms with van der Waals surface area (Å²) in [6, 6.07) is 0. The van der Waals surface area contributed by atoms with E-state index in [1.54, 1.807) is 20.8 Å². The average molecular weight is 486 g/mol. The highest BCUT2D eigenvalue weighted by molar-refractivity contribution is 6.07. The molecular formula is C23H39N3O8. The lowest BCUT2D eigenvalue weighted by Crippen LogP contribution is -2.38. The van der Waals surface area contributed by atoms with Gasteiger partial charge in [0.15, 0.2) is 0 Å². The van der Waals surface area contributed by atoms with E-state index in [-0.39, 0.29) is 36.5 Å². The highest BCUT2D eigenvalue weighted by atomic mass is 16.5. The maximum atomic E-state index is 13.2. The van der Waals surface area contributed by atoms with Gasteiger partial charge >= 0.3 is 0 Å². The van der Waals surface area contributed by atoms with E-state index in [0.29, 0.717) is 16.7 Å². The van der Waals surface area contributed by atoms with Gasteiger partial charge in [0.05, 0.1) is 25.4 Å². The summed E-state index contributed by atoms with van der Waals surface area (Å²) >= 11 is 0. The second-order valence-corrected chi connectivity index (χ2v) is 7.55. The van der Waals surface area contributed by atoms with Crippen LogP contribution in [0.4, 0.5) is 5.69 Å². The molecule has 0 heterocycles. The second kappa shape index (κ2) is 15.4. The van der Waals surface area contributed by atoms with Crippen LogP contribution in [0.3, 0.4) is 0 Å². The fourth-order valence-corrected chi connectivity index (χ4v) is 3.39. The van der Waals surface area contributed by atoms with Crippen molar-refractivity contribution in [2.24, 2.45) is 0 Å². The molecular weight excluding hydrogens is 446 g/mol. The van der Waals surface area contributed by atoms with Crippen LogP contribution in [-0.4, -0.2) is 102 Å². The number of hydrogen-bond donors (Lipinski definition) is 6. The van der Waals surface area contributed by atoms with E-state index in [9.17, 15) is 24.6 Å². The molecule has 0 saturated heterocycles. The van der Waals surface area contributed by atoms with Crippen LogP contribution in [0.1, 0.15) is 51.3 Å². The molecule has 1 aromatic rings. The SMILES string of the molecule is CC.COCC(=O)Nc1c(C)c(C(=O)NCC(O)CO)c(C)c(C(=O)N(C)CC(O)CO)c1C. The molecule has 0 spiro atoms. The van der Waals surface area contributed by atoms with Gasteiger partial charge in [-0.05, 0) is 37.5 Å². The van der Waals surface area contributed by atoms with Crippen LogP contribution in [0.25, 0.3) is 0 Å². The zero-order valence-corrected chi connectivity index (χ0v) is 21.1. The van der Waals surface area contributed by atoms with Gasteiger partial charge in [0.2, 0.25) is 5.91 Å². The number of anilines is 1. The van der Waals surface area contributed by atoms with Gasteiger partial charge in [0.25, 0.3) is 11.8 Å². The molecule has 2 atom stereocenters. The van der Waals surface area contributed by atoms with Gasteiger partial charge in [-0.2, -0.15) is 0 Å². The van der Waals surface area contributed by atoms with E-state index in [1.807, 2.05) is 13.8 Å². The van der Waals surface area contributed by atoms with Crippen LogP contribution < -0.4 is 10.6 Å². The summed E-state index contributed by atoms with van der Waals surface area (Å²) in [5.74, 6) is -1.59. The Kier molecular flexibility index (Phi) is 14.2. The number of nitrogens with one attached hydrogen (secondary N) is 2. The third-order valence-electron chi connectivity index (χ3n) is 4.98. The molecule has 6 N–H and O–H groups in total. The number of carbonyl (C=O) groups is 3. The van der Waals surface area contributed by atoms with Crippen LogP contribution in [-0.2, 0) is 9.53 Å². The largest absolute Gasteiger partial charge is 0.394 e. The van der Waals surface area contributed by atoms with Crippen LogP contribution in [0.15, 0.2) is 0 Å². The molecule has 0 aliphatic carbocycles. The summed E-state index contributed by atoms with van der Waals surface area (Å²) < 4.78 is 4.84. The number of aliphatic hydroxyl groups excluding tert-OH is 4. The molecule has 194 valence electrons. The number of ether oxygens (including phenoxy) is 1. The summed E-state index contributed by atoms with van der Waals surface area (Å²) in [5.41, 5.74) is 1.74. The minimum Gasteiger partial charge on any atom is -0.394 e. The Bertz CT molecular complexity index is 844. The van der Waals surface area contributed by atoms with Crippen molar-refractivity contribution in [3.63, 3.8) is 0 Å². The molecule has 34 heavy (non-hydrogen) atoms. The van der Waals surface area contributed by atoms with E-state index >= 15 is 0 Å². The zero-order chi connectivity index (χ0) is 26.6. The Balaban J connectivity index is 0.00000529. The maximum Gasteiger partial charge on any atom is 0.254 e. The molecule has 1 rings (SSSR count). The third-order valence-corrected chi connectivity index (χ3v) is 4.98. The van der Waals surface area contributed by atoms with E-state index in [4.69, 9.17) is 14.9 Å². The van der Waals surface area contributed by atoms with Crippen molar-refractivity contribution >= 4 is 23.4 Å². The van der Waals surface area contributed by atoms with Crippen molar-refractivity contribution in [1.29, 1.82) is 0 Å². The molecule has 11 heteroatoms. The van der Waals surface area contributed by atoms with Gasteiger partial charge in [0.1, 0.15) is 6.61 Å². The van der Waals surface area contributed by atoms with Crippen LogP contribution in [0.5, 0.6) is 0 Å². The first-order valence-corrected chi connectivity index (χ1v) is 11.0. The first kappa shape index (κ1) is 31.4. The number of methoxy groups -OCH3 is 1. The Morgan fingerprint density at radius 2 is 1.47 bits per heavy atom. The standard InChI is InChI=1S/C21H33N3O8.C2H6/c1-11-17(20(30)22-6-14(27)8-25)12(2)19(23-16(29)10-32-5)13(3)18(11)21(31)24(4)7-15(28)9-26;1-2/h14-15,25-28H,6-10H2,1-5H3,(H,22,30)(H,23,29);1-2H3. The van der Waals surface area contributed by atoms with Crippen molar-refractivity contribution in [3.8, 4) is 0 Å². The van der Waals surface area contributed by atoms with Crippen molar-refractivity contribution in [2.75, 3.05) is 52.4 Å². The molecule has 0 aliphatic rings. The van der Waals surface area contributed by atoms with E-state index < -0.39 is 43.1 Å². The number of benzene rings is 1. The number of amides is 3. The number of carbonyl (C=O) groups excluding carboxylic acids is 3. The predicted octanol–water partition coefficient (Wildman–Crippen LogP) is -0.269. The minimum absolute atomic E-state index is 0.132. The van der Waals surface area contributed by atoms with Crippen molar-refractivity contribution in [3.05, 3.63) is 27.8 Å². The Morgan fingerprint density at radius 3 is 1.97 bits per heavy atom. The number of hydrogen-bond acceptors (Lipinski definition) is 8. The topological polar surface area (TPSA) is 169 Å². The molecule has 2 unspecified atom stereocenters. The lowest BCUT2D eigenvalue weighted by molar-refractivity contribution is -0.119. The van der Waals surface area contributed by atoms with Crippen LogP contribution >= 0.6 is 0 Å². The van der Waals surface area contributed by atoms with E-state index in [2.05, 4.69) is 10.6 Å². The smallest absolute Gasteiger partial charge is 0.254 e. The van der Waals surface area contributed by atoms with Crippen molar-refractivity contribution in [1.82, 2.24) is 10.2 Å². The van der Waals surface area contributed by atoms with Crippen LogP contribution in [0, 0.1) is 20.8 Å². The van der Waals surface area contributed by atoms with Gasteiger partial charge in [-0.1, -0.05) is 13.8 Å². The second-order valence-electron chi connectivity index (χ2n) is 7.55. The predicted molar refractivity (Wildman–Crippen MR) is 128 cm³/mol. The third kappa shape index (κ3) is 8.33. The van der Waals surface area contributed by atoms with Gasteiger partial charge in [-0.3, -0.25) is 14.4 Å². The highest BCUT2D eigenvalue weighted by Crippen LogP contribution is 2.32. The summed E-state index contributed by atoms with van der Waals surface area (Å²) in [6.07, 6.45) is -2.29. The zero-order valence-electron chi connectivity index (χ0n) is 21.1. The molecule has 0 aromatic heterocycles. The molecule has 1 aromatic carbocycles. The fraction of sp³-hybridized carbons (Fsp3) is 0.609. The Hall–Kier alpha value is -2.57. The Labute approximate surface area is 200 Å². The van der Waals surface area contributed by atoms with Gasteiger partial charge in [-0.15, -0.1) is 0 Å². The van der Waals surface area contributed by atoms with Gasteiger partial charge in [-0.25, -0.2) is 0 Å². The van der Waals surface area contributed by atoms with Crippen molar-refractivity contribution < 1.29 is 39.5 Å². The average Bonchev–Trinajstić information content (AvgIpc) is 2.81. The number of likely N-dealkylation sites (N-methyl/N-ethyl adjacent to an activating group) is 1. The summed E-state index contributed by atoms with van der Waals surface area (Å²) in [6.45, 7) is 7.19. The summed E-state index contributed by atoms with van der Waals surface area (Å²) in [5, 5.41) is 42.5. The molecule has 11 nitrogen and oxygen atoms in total. The maximum absolute atomic E-state index is 13.2.